The summed E-state index contributed by atoms with van der Waals surface area (Å²) in [6, 6.07) is 17.3. The first-order valence-electron chi connectivity index (χ1n) is 10.6. The van der Waals surface area contributed by atoms with E-state index in [1.807, 2.05) is 75.4 Å². The van der Waals surface area contributed by atoms with E-state index in [0.29, 0.717) is 34.2 Å². The fourth-order valence-electron chi connectivity index (χ4n) is 3.21. The lowest BCUT2D eigenvalue weighted by Crippen LogP contribution is -2.20. The van der Waals surface area contributed by atoms with Crippen molar-refractivity contribution in [3.63, 3.8) is 0 Å². The molecule has 0 unspecified atom stereocenters. The summed E-state index contributed by atoms with van der Waals surface area (Å²) in [5, 5.41) is 4.75. The third-order valence-electron chi connectivity index (χ3n) is 4.92. The molecule has 0 bridgehead atoms. The first-order valence-corrected chi connectivity index (χ1v) is 11.7. The molecule has 0 atom stereocenters. The van der Waals surface area contributed by atoms with Crippen molar-refractivity contribution in [2.45, 2.75) is 33.8 Å². The number of aryl methyl sites for hydroxylation is 2. The van der Waals surface area contributed by atoms with Crippen LogP contribution >= 0.6 is 27.5 Å². The molecular weight excluding hydrogens is 504 g/mol. The molecular formula is C26H26BrClN2O3. The molecule has 0 aliphatic carbocycles. The van der Waals surface area contributed by atoms with E-state index in [2.05, 4.69) is 26.5 Å². The molecule has 3 aromatic rings. The number of halogens is 2. The molecule has 7 heteroatoms. The van der Waals surface area contributed by atoms with Crippen LogP contribution < -0.4 is 14.9 Å². The Hall–Kier alpha value is -2.83. The highest BCUT2D eigenvalue weighted by atomic mass is 79.9. The number of rotatable bonds is 9. The Morgan fingerprint density at radius 3 is 2.64 bits per heavy atom. The summed E-state index contributed by atoms with van der Waals surface area (Å²) in [5.41, 5.74) is 7.42. The topological polar surface area (TPSA) is 59.9 Å². The van der Waals surface area contributed by atoms with Gasteiger partial charge in [-0.2, -0.15) is 5.10 Å². The van der Waals surface area contributed by atoms with E-state index < -0.39 is 0 Å². The number of carbonyl (C=O) groups is 1. The predicted molar refractivity (Wildman–Crippen MR) is 136 cm³/mol. The monoisotopic (exact) mass is 528 g/mol. The quantitative estimate of drug-likeness (QED) is 0.258. The first kappa shape index (κ1) is 24.8. The Bertz CT molecular complexity index is 1160. The van der Waals surface area contributed by atoms with Crippen molar-refractivity contribution in [2.75, 3.05) is 6.61 Å². The van der Waals surface area contributed by atoms with Gasteiger partial charge >= 0.3 is 0 Å². The number of ether oxygens (including phenoxy) is 2. The van der Waals surface area contributed by atoms with Gasteiger partial charge in [0.05, 0.1) is 23.7 Å². The van der Waals surface area contributed by atoms with E-state index in [1.54, 1.807) is 6.21 Å². The molecule has 0 aromatic heterocycles. The predicted octanol–water partition coefficient (Wildman–Crippen LogP) is 6.39. The van der Waals surface area contributed by atoms with Gasteiger partial charge in [-0.25, -0.2) is 5.43 Å². The normalized spacial score (nSPS) is 10.9. The van der Waals surface area contributed by atoms with Gasteiger partial charge in [0.25, 0.3) is 0 Å². The number of nitrogens with one attached hydrogen (secondary N) is 1. The molecule has 33 heavy (non-hydrogen) atoms. The molecule has 0 spiro atoms. The minimum absolute atomic E-state index is 0.177. The van der Waals surface area contributed by atoms with Crippen LogP contribution in [-0.4, -0.2) is 18.7 Å². The van der Waals surface area contributed by atoms with E-state index in [9.17, 15) is 4.79 Å². The summed E-state index contributed by atoms with van der Waals surface area (Å²) in [5.74, 6) is 0.971. The summed E-state index contributed by atoms with van der Waals surface area (Å²) >= 11 is 9.78. The van der Waals surface area contributed by atoms with Gasteiger partial charge in [0.1, 0.15) is 6.61 Å². The highest BCUT2D eigenvalue weighted by Gasteiger charge is 2.13. The maximum atomic E-state index is 12.3. The minimum Gasteiger partial charge on any atom is -0.490 e. The van der Waals surface area contributed by atoms with Gasteiger partial charge < -0.3 is 9.47 Å². The lowest BCUT2D eigenvalue weighted by Gasteiger charge is -2.15. The van der Waals surface area contributed by atoms with Crippen molar-refractivity contribution >= 4 is 39.7 Å². The number of amides is 1. The van der Waals surface area contributed by atoms with Gasteiger partial charge in [-0.1, -0.05) is 53.6 Å². The first-order chi connectivity index (χ1) is 15.9. The van der Waals surface area contributed by atoms with Gasteiger partial charge in [-0.3, -0.25) is 4.79 Å². The molecule has 5 nitrogen and oxygen atoms in total. The van der Waals surface area contributed by atoms with Crippen molar-refractivity contribution in [3.8, 4) is 11.5 Å². The number of carbonyl (C=O) groups excluding carboxylic acids is 1. The molecule has 0 radical (unpaired) electrons. The van der Waals surface area contributed by atoms with Crippen LogP contribution in [0.3, 0.4) is 0 Å². The van der Waals surface area contributed by atoms with Crippen molar-refractivity contribution in [2.24, 2.45) is 5.10 Å². The van der Waals surface area contributed by atoms with Gasteiger partial charge in [0, 0.05) is 10.6 Å². The zero-order valence-corrected chi connectivity index (χ0v) is 21.2. The van der Waals surface area contributed by atoms with Crippen LogP contribution in [-0.2, 0) is 17.8 Å². The lowest BCUT2D eigenvalue weighted by atomic mass is 10.0. The molecule has 172 valence electrons. The van der Waals surface area contributed by atoms with E-state index in [-0.39, 0.29) is 12.3 Å². The highest BCUT2D eigenvalue weighted by Crippen LogP contribution is 2.37. The zero-order chi connectivity index (χ0) is 23.8. The van der Waals surface area contributed by atoms with Crippen LogP contribution in [0.5, 0.6) is 11.5 Å². The minimum atomic E-state index is -0.177. The SMILES string of the molecule is CCOc1cc(/C=N/NC(=O)Cc2cc(C)ccc2C)cc(Br)c1OCc1ccccc1Cl. The van der Waals surface area contributed by atoms with Crippen LogP contribution in [0.2, 0.25) is 5.02 Å². The molecule has 3 rings (SSSR count). The molecule has 0 saturated carbocycles. The van der Waals surface area contributed by atoms with Crippen LogP contribution in [0, 0.1) is 13.8 Å². The summed E-state index contributed by atoms with van der Waals surface area (Å²) in [6.45, 7) is 6.68. The highest BCUT2D eigenvalue weighted by molar-refractivity contribution is 9.10. The molecule has 0 fully saturated rings. The molecule has 1 N–H and O–H groups in total. The number of hydrazone groups is 1. The van der Waals surface area contributed by atoms with Crippen LogP contribution in [0.1, 0.15) is 34.7 Å². The summed E-state index contributed by atoms with van der Waals surface area (Å²) in [6.07, 6.45) is 1.85. The smallest absolute Gasteiger partial charge is 0.244 e. The Kier molecular flexibility index (Phi) is 8.92. The second-order valence-electron chi connectivity index (χ2n) is 7.54. The Morgan fingerprint density at radius 1 is 1.09 bits per heavy atom. The average molecular weight is 530 g/mol. The largest absolute Gasteiger partial charge is 0.490 e. The van der Waals surface area contributed by atoms with E-state index in [1.165, 1.54) is 0 Å². The van der Waals surface area contributed by atoms with Crippen LogP contribution in [0.4, 0.5) is 0 Å². The summed E-state index contributed by atoms with van der Waals surface area (Å²) < 4.78 is 12.5. The third kappa shape index (κ3) is 7.07. The third-order valence-corrected chi connectivity index (χ3v) is 5.88. The molecule has 3 aromatic carbocycles. The van der Waals surface area contributed by atoms with E-state index in [0.717, 1.165) is 27.8 Å². The van der Waals surface area contributed by atoms with Crippen molar-refractivity contribution in [1.82, 2.24) is 5.43 Å². The fourth-order valence-corrected chi connectivity index (χ4v) is 3.98. The van der Waals surface area contributed by atoms with Gasteiger partial charge in [-0.15, -0.1) is 0 Å². The Labute approximate surface area is 207 Å². The fraction of sp³-hybridized carbons (Fsp3) is 0.231. The van der Waals surface area contributed by atoms with Gasteiger partial charge in [-0.05, 0) is 71.6 Å². The zero-order valence-electron chi connectivity index (χ0n) is 18.8. The van der Waals surface area contributed by atoms with E-state index in [4.69, 9.17) is 21.1 Å². The van der Waals surface area contributed by atoms with Gasteiger partial charge in [0.2, 0.25) is 5.91 Å². The second-order valence-corrected chi connectivity index (χ2v) is 8.80. The van der Waals surface area contributed by atoms with Crippen LogP contribution in [0.25, 0.3) is 0 Å². The number of benzene rings is 3. The maximum absolute atomic E-state index is 12.3. The maximum Gasteiger partial charge on any atom is 0.244 e. The molecule has 0 saturated heterocycles. The molecule has 0 heterocycles. The second kappa shape index (κ2) is 11.9. The van der Waals surface area contributed by atoms with E-state index >= 15 is 0 Å². The Morgan fingerprint density at radius 2 is 1.88 bits per heavy atom. The molecule has 1 amide bonds. The lowest BCUT2D eigenvalue weighted by molar-refractivity contribution is -0.120. The average Bonchev–Trinajstić information content (AvgIpc) is 2.77. The standard InChI is InChI=1S/C26H26BrClN2O3/c1-4-32-24-13-19(12-22(27)26(24)33-16-20-7-5-6-8-23(20)28)15-29-30-25(31)14-21-11-17(2)9-10-18(21)3/h5-13,15H,4,14,16H2,1-3H3,(H,30,31)/b29-15+. The molecule has 0 aliphatic rings. The van der Waals surface area contributed by atoms with Crippen molar-refractivity contribution in [1.29, 1.82) is 0 Å². The number of hydrogen-bond donors (Lipinski definition) is 1. The van der Waals surface area contributed by atoms with Crippen LogP contribution in [0.15, 0.2) is 64.2 Å². The number of nitrogens with zero attached hydrogens (tertiary/aromatic N) is 1. The molecule has 0 aliphatic heterocycles. The van der Waals surface area contributed by atoms with Crippen molar-refractivity contribution in [3.05, 3.63) is 91.9 Å². The van der Waals surface area contributed by atoms with Gasteiger partial charge in [0.15, 0.2) is 11.5 Å². The number of hydrogen-bond acceptors (Lipinski definition) is 4. The Balaban J connectivity index is 1.69. The summed E-state index contributed by atoms with van der Waals surface area (Å²) in [4.78, 5) is 12.3. The van der Waals surface area contributed by atoms with Crippen molar-refractivity contribution < 1.29 is 14.3 Å². The summed E-state index contributed by atoms with van der Waals surface area (Å²) in [7, 11) is 0.